The van der Waals surface area contributed by atoms with Gasteiger partial charge in [0, 0.05) is 22.7 Å². The molecule has 6 heteroatoms. The molecule has 6 nitrogen and oxygen atoms in total. The average Bonchev–Trinajstić information content (AvgIpc) is 2.68. The first-order chi connectivity index (χ1) is 13.5. The van der Waals surface area contributed by atoms with Crippen molar-refractivity contribution >= 4 is 33.5 Å². The van der Waals surface area contributed by atoms with Gasteiger partial charge in [0.25, 0.3) is 11.5 Å². The van der Waals surface area contributed by atoms with Crippen LogP contribution in [-0.4, -0.2) is 10.9 Å². The fraction of sp³-hybridized carbons (Fsp3) is 0.136. The van der Waals surface area contributed by atoms with Gasteiger partial charge in [0.1, 0.15) is 5.58 Å². The number of rotatable bonds is 3. The summed E-state index contributed by atoms with van der Waals surface area (Å²) in [6.07, 6.45) is 0.649. The number of amides is 1. The van der Waals surface area contributed by atoms with Crippen molar-refractivity contribution in [3.63, 3.8) is 0 Å². The van der Waals surface area contributed by atoms with Gasteiger partial charge in [-0.2, -0.15) is 0 Å². The summed E-state index contributed by atoms with van der Waals surface area (Å²) >= 11 is 0. The summed E-state index contributed by atoms with van der Waals surface area (Å²) in [7, 11) is 0. The van der Waals surface area contributed by atoms with Crippen LogP contribution in [0.3, 0.4) is 0 Å². The number of hydrogen-bond donors (Lipinski definition) is 2. The fourth-order valence-corrected chi connectivity index (χ4v) is 3.42. The monoisotopic (exact) mass is 374 g/mol. The molecule has 2 aromatic heterocycles. The molecule has 0 spiro atoms. The molecule has 0 atom stereocenters. The summed E-state index contributed by atoms with van der Waals surface area (Å²) in [5.74, 6) is -0.610. The van der Waals surface area contributed by atoms with Gasteiger partial charge in [0.2, 0.25) is 0 Å². The quantitative estimate of drug-likeness (QED) is 0.571. The molecule has 0 aliphatic heterocycles. The Balaban J connectivity index is 1.71. The van der Waals surface area contributed by atoms with Crippen molar-refractivity contribution in [2.45, 2.75) is 20.3 Å². The number of aromatic nitrogens is 1. The molecule has 0 radical (unpaired) electrons. The molecule has 4 rings (SSSR count). The molecule has 1 amide bonds. The van der Waals surface area contributed by atoms with Crippen LogP contribution in [0.5, 0.6) is 0 Å². The van der Waals surface area contributed by atoms with Crippen molar-refractivity contribution in [3.05, 3.63) is 86.0 Å². The third kappa shape index (κ3) is 2.99. The SMILES string of the molecule is CCc1c(C)c2ccc(NC(=O)c3cc(=O)c4ccccc4o3)cc2[nH]c1=O. The number of anilines is 1. The van der Waals surface area contributed by atoms with Gasteiger partial charge in [-0.25, -0.2) is 0 Å². The lowest BCUT2D eigenvalue weighted by Gasteiger charge is -2.10. The second kappa shape index (κ2) is 6.81. The number of fused-ring (bicyclic) bond motifs is 2. The Kier molecular flexibility index (Phi) is 4.31. The van der Waals surface area contributed by atoms with Crippen LogP contribution in [0.15, 0.2) is 62.5 Å². The lowest BCUT2D eigenvalue weighted by molar-refractivity contribution is 0.0997. The maximum Gasteiger partial charge on any atom is 0.291 e. The molecular weight excluding hydrogens is 356 g/mol. The number of carbonyl (C=O) groups is 1. The number of carbonyl (C=O) groups excluding carboxylic acids is 1. The highest BCUT2D eigenvalue weighted by Gasteiger charge is 2.14. The van der Waals surface area contributed by atoms with E-state index in [2.05, 4.69) is 10.3 Å². The first kappa shape index (κ1) is 17.7. The van der Waals surface area contributed by atoms with Gasteiger partial charge < -0.3 is 14.7 Å². The molecule has 2 aromatic carbocycles. The van der Waals surface area contributed by atoms with Gasteiger partial charge in [-0.05, 0) is 43.2 Å². The van der Waals surface area contributed by atoms with Gasteiger partial charge >= 0.3 is 0 Å². The molecule has 0 aliphatic carbocycles. The molecule has 0 bridgehead atoms. The van der Waals surface area contributed by atoms with E-state index in [0.717, 1.165) is 16.5 Å². The van der Waals surface area contributed by atoms with Gasteiger partial charge in [-0.15, -0.1) is 0 Å². The maximum atomic E-state index is 12.6. The average molecular weight is 374 g/mol. The summed E-state index contributed by atoms with van der Waals surface area (Å²) in [5.41, 5.74) is 2.76. The Labute approximate surface area is 159 Å². The van der Waals surface area contributed by atoms with Crippen LogP contribution in [0.25, 0.3) is 21.9 Å². The molecule has 2 heterocycles. The van der Waals surface area contributed by atoms with Gasteiger partial charge in [-0.3, -0.25) is 14.4 Å². The number of H-pyrrole nitrogens is 1. The first-order valence-corrected chi connectivity index (χ1v) is 8.97. The highest BCUT2D eigenvalue weighted by Crippen LogP contribution is 2.22. The molecule has 0 fully saturated rings. The summed E-state index contributed by atoms with van der Waals surface area (Å²) in [6, 6.07) is 13.2. The molecule has 0 unspecified atom stereocenters. The van der Waals surface area contributed by atoms with Crippen LogP contribution in [-0.2, 0) is 6.42 Å². The van der Waals surface area contributed by atoms with Crippen LogP contribution in [0, 0.1) is 6.92 Å². The van der Waals surface area contributed by atoms with Crippen molar-refractivity contribution in [2.75, 3.05) is 5.32 Å². The minimum atomic E-state index is -0.536. The highest BCUT2D eigenvalue weighted by molar-refractivity contribution is 6.04. The van der Waals surface area contributed by atoms with E-state index >= 15 is 0 Å². The van der Waals surface area contributed by atoms with E-state index in [1.54, 1.807) is 36.4 Å². The predicted molar refractivity (Wildman–Crippen MR) is 109 cm³/mol. The Morgan fingerprint density at radius 1 is 1.07 bits per heavy atom. The van der Waals surface area contributed by atoms with E-state index in [4.69, 9.17) is 4.42 Å². The second-order valence-corrected chi connectivity index (χ2v) is 6.60. The Morgan fingerprint density at radius 3 is 2.64 bits per heavy atom. The third-order valence-electron chi connectivity index (χ3n) is 4.87. The van der Waals surface area contributed by atoms with Crippen molar-refractivity contribution < 1.29 is 9.21 Å². The number of aryl methyl sites for hydroxylation is 1. The van der Waals surface area contributed by atoms with E-state index in [0.29, 0.717) is 28.6 Å². The minimum absolute atomic E-state index is 0.0743. The lowest BCUT2D eigenvalue weighted by Crippen LogP contribution is -2.16. The van der Waals surface area contributed by atoms with E-state index in [9.17, 15) is 14.4 Å². The van der Waals surface area contributed by atoms with E-state index in [1.165, 1.54) is 6.07 Å². The molecule has 28 heavy (non-hydrogen) atoms. The van der Waals surface area contributed by atoms with E-state index < -0.39 is 5.91 Å². The molecule has 2 N–H and O–H groups in total. The van der Waals surface area contributed by atoms with Crippen molar-refractivity contribution in [1.29, 1.82) is 0 Å². The molecule has 4 aromatic rings. The molecule has 0 saturated heterocycles. The smallest absolute Gasteiger partial charge is 0.291 e. The zero-order valence-electron chi connectivity index (χ0n) is 15.5. The minimum Gasteiger partial charge on any atom is -0.451 e. The van der Waals surface area contributed by atoms with Crippen molar-refractivity contribution in [2.24, 2.45) is 0 Å². The van der Waals surface area contributed by atoms with Crippen molar-refractivity contribution in [1.82, 2.24) is 4.98 Å². The summed E-state index contributed by atoms with van der Waals surface area (Å²) in [6.45, 7) is 3.85. The number of aromatic amines is 1. The van der Waals surface area contributed by atoms with Crippen LogP contribution >= 0.6 is 0 Å². The lowest BCUT2D eigenvalue weighted by atomic mass is 10.0. The largest absolute Gasteiger partial charge is 0.451 e. The third-order valence-corrected chi connectivity index (χ3v) is 4.87. The Morgan fingerprint density at radius 2 is 1.86 bits per heavy atom. The Hall–Kier alpha value is -3.67. The van der Waals surface area contributed by atoms with Gasteiger partial charge in [-0.1, -0.05) is 25.1 Å². The first-order valence-electron chi connectivity index (χ1n) is 8.97. The number of benzene rings is 2. The van der Waals surface area contributed by atoms with Crippen LogP contribution in [0.1, 0.15) is 28.6 Å². The molecule has 0 saturated carbocycles. The fourth-order valence-electron chi connectivity index (χ4n) is 3.42. The molecular formula is C22H18N2O4. The van der Waals surface area contributed by atoms with E-state index in [-0.39, 0.29) is 16.7 Å². The topological polar surface area (TPSA) is 92.2 Å². The zero-order valence-corrected chi connectivity index (χ0v) is 15.5. The number of hydrogen-bond acceptors (Lipinski definition) is 4. The standard InChI is InChI=1S/C22H18N2O4/c1-3-14-12(2)15-9-8-13(10-17(15)24-21(14)26)23-22(27)20-11-18(25)16-6-4-5-7-19(16)28-20/h4-11H,3H2,1-2H3,(H,23,27)(H,24,26). The second-order valence-electron chi connectivity index (χ2n) is 6.60. The maximum absolute atomic E-state index is 12.6. The normalized spacial score (nSPS) is 11.1. The summed E-state index contributed by atoms with van der Waals surface area (Å²) in [4.78, 5) is 39.8. The zero-order chi connectivity index (χ0) is 19.8. The molecule has 0 aliphatic rings. The summed E-state index contributed by atoms with van der Waals surface area (Å²) < 4.78 is 5.56. The van der Waals surface area contributed by atoms with Crippen LogP contribution < -0.4 is 16.3 Å². The number of pyridine rings is 1. The van der Waals surface area contributed by atoms with Gasteiger partial charge in [0.05, 0.1) is 10.9 Å². The van der Waals surface area contributed by atoms with Gasteiger partial charge in [0.15, 0.2) is 11.2 Å². The predicted octanol–water partition coefficient (Wildman–Crippen LogP) is 3.76. The Bertz CT molecular complexity index is 1350. The molecule has 140 valence electrons. The number of nitrogens with one attached hydrogen (secondary N) is 2. The van der Waals surface area contributed by atoms with Crippen LogP contribution in [0.4, 0.5) is 5.69 Å². The highest BCUT2D eigenvalue weighted by atomic mass is 16.3. The summed E-state index contributed by atoms with van der Waals surface area (Å²) in [5, 5.41) is 4.06. The van der Waals surface area contributed by atoms with E-state index in [1.807, 2.05) is 19.9 Å². The van der Waals surface area contributed by atoms with Crippen LogP contribution in [0.2, 0.25) is 0 Å². The number of para-hydroxylation sites is 1. The van der Waals surface area contributed by atoms with Crippen molar-refractivity contribution in [3.8, 4) is 0 Å².